The molecule has 1 heterocycles. The Balaban J connectivity index is 2.34. The Bertz CT molecular complexity index is 224. The molecule has 1 atom stereocenters. The van der Waals surface area contributed by atoms with E-state index in [0.717, 1.165) is 24.5 Å². The van der Waals surface area contributed by atoms with Gasteiger partial charge in [0.1, 0.15) is 5.75 Å². The van der Waals surface area contributed by atoms with Crippen molar-refractivity contribution in [3.8, 4) is 5.75 Å². The van der Waals surface area contributed by atoms with E-state index in [1.165, 1.54) is 0 Å². The second-order valence-corrected chi connectivity index (χ2v) is 3.32. The van der Waals surface area contributed by atoms with Crippen molar-refractivity contribution >= 4 is 12.6 Å². The molecule has 0 saturated heterocycles. The Labute approximate surface area is 84.7 Å². The Kier molecular flexibility index (Phi) is 4.68. The average molecular weight is 197 g/mol. The molecule has 0 aliphatic heterocycles. The molecule has 0 amide bonds. The summed E-state index contributed by atoms with van der Waals surface area (Å²) in [5, 5.41) is 0. The Hall–Kier alpha value is -0.700. The smallest absolute Gasteiger partial charge is 0.137 e. The van der Waals surface area contributed by atoms with Gasteiger partial charge in [-0.15, -0.1) is 0 Å². The summed E-state index contributed by atoms with van der Waals surface area (Å²) in [6, 6.07) is 3.79. The zero-order valence-corrected chi connectivity index (χ0v) is 8.71. The van der Waals surface area contributed by atoms with Crippen molar-refractivity contribution in [2.24, 2.45) is 5.92 Å². The van der Waals surface area contributed by atoms with Crippen LogP contribution in [0.3, 0.4) is 0 Å². The van der Waals surface area contributed by atoms with E-state index in [0.29, 0.717) is 5.92 Å². The van der Waals surface area contributed by atoms with E-state index in [9.17, 15) is 0 Å². The topological polar surface area (TPSA) is 22.1 Å². The highest BCUT2D eigenvalue weighted by Gasteiger charge is 2.04. The summed E-state index contributed by atoms with van der Waals surface area (Å²) < 4.78 is 5.54. The Morgan fingerprint density at radius 1 is 1.62 bits per heavy atom. The van der Waals surface area contributed by atoms with Crippen LogP contribution in [0, 0.1) is 5.92 Å². The summed E-state index contributed by atoms with van der Waals surface area (Å²) >= 11 is 4.25. The van der Waals surface area contributed by atoms with Gasteiger partial charge in [-0.3, -0.25) is 4.98 Å². The van der Waals surface area contributed by atoms with Crippen LogP contribution in [0.1, 0.15) is 13.3 Å². The molecule has 72 valence electrons. The highest BCUT2D eigenvalue weighted by molar-refractivity contribution is 7.80. The van der Waals surface area contributed by atoms with Crippen molar-refractivity contribution < 1.29 is 4.74 Å². The van der Waals surface area contributed by atoms with Gasteiger partial charge in [-0.25, -0.2) is 0 Å². The van der Waals surface area contributed by atoms with Gasteiger partial charge in [-0.05, 0) is 24.3 Å². The average Bonchev–Trinajstić information content (AvgIpc) is 2.21. The largest absolute Gasteiger partial charge is 0.492 e. The van der Waals surface area contributed by atoms with Gasteiger partial charge in [0.05, 0.1) is 12.8 Å². The van der Waals surface area contributed by atoms with Crippen LogP contribution in [-0.4, -0.2) is 17.3 Å². The summed E-state index contributed by atoms with van der Waals surface area (Å²) in [5.41, 5.74) is 0. The third-order valence-corrected chi connectivity index (χ3v) is 2.47. The summed E-state index contributed by atoms with van der Waals surface area (Å²) in [7, 11) is 0. The molecule has 0 aromatic carbocycles. The Morgan fingerprint density at radius 3 is 3.00 bits per heavy atom. The first-order chi connectivity index (χ1) is 6.36. The molecule has 13 heavy (non-hydrogen) atoms. The van der Waals surface area contributed by atoms with E-state index < -0.39 is 0 Å². The van der Waals surface area contributed by atoms with E-state index in [1.807, 2.05) is 12.1 Å². The third kappa shape index (κ3) is 3.68. The van der Waals surface area contributed by atoms with Gasteiger partial charge in [0, 0.05) is 12.1 Å². The maximum atomic E-state index is 5.54. The lowest BCUT2D eigenvalue weighted by Crippen LogP contribution is -2.12. The number of ether oxygens (including phenoxy) is 1. The number of aromatic nitrogens is 1. The van der Waals surface area contributed by atoms with Gasteiger partial charge in [0.2, 0.25) is 0 Å². The molecule has 1 aromatic heterocycles. The van der Waals surface area contributed by atoms with Crippen LogP contribution in [0.25, 0.3) is 0 Å². The quantitative estimate of drug-likeness (QED) is 0.732. The van der Waals surface area contributed by atoms with E-state index >= 15 is 0 Å². The zero-order valence-electron chi connectivity index (χ0n) is 7.81. The molecule has 0 radical (unpaired) electrons. The molecule has 0 aliphatic rings. The molecule has 0 aliphatic carbocycles. The minimum atomic E-state index is 0.531. The minimum Gasteiger partial charge on any atom is -0.492 e. The van der Waals surface area contributed by atoms with E-state index in [-0.39, 0.29) is 0 Å². The van der Waals surface area contributed by atoms with Crippen LogP contribution >= 0.6 is 12.6 Å². The predicted molar refractivity (Wildman–Crippen MR) is 57.4 cm³/mol. The van der Waals surface area contributed by atoms with Gasteiger partial charge in [-0.1, -0.05) is 6.92 Å². The van der Waals surface area contributed by atoms with E-state index in [4.69, 9.17) is 4.74 Å². The first-order valence-corrected chi connectivity index (χ1v) is 5.13. The van der Waals surface area contributed by atoms with Crippen molar-refractivity contribution in [3.63, 3.8) is 0 Å². The molecule has 0 spiro atoms. The molecule has 1 aromatic rings. The van der Waals surface area contributed by atoms with E-state index in [2.05, 4.69) is 24.5 Å². The van der Waals surface area contributed by atoms with E-state index in [1.54, 1.807) is 12.4 Å². The second-order valence-electron chi connectivity index (χ2n) is 2.96. The first kappa shape index (κ1) is 10.4. The molecule has 0 bridgehead atoms. The lowest BCUT2D eigenvalue weighted by molar-refractivity contribution is 0.258. The number of rotatable bonds is 5. The standard InChI is InChI=1S/C10H15NOS/c1-2-9(8-13)7-12-10-4-3-5-11-6-10/h3-6,9,13H,2,7-8H2,1H3. The minimum absolute atomic E-state index is 0.531. The number of thiol groups is 1. The zero-order chi connectivity index (χ0) is 9.52. The fourth-order valence-corrected chi connectivity index (χ4v) is 1.31. The van der Waals surface area contributed by atoms with Crippen molar-refractivity contribution in [2.45, 2.75) is 13.3 Å². The summed E-state index contributed by atoms with van der Waals surface area (Å²) in [6.07, 6.45) is 4.57. The number of nitrogens with zero attached hydrogens (tertiary/aromatic N) is 1. The van der Waals surface area contributed by atoms with Crippen molar-refractivity contribution in [3.05, 3.63) is 24.5 Å². The first-order valence-electron chi connectivity index (χ1n) is 4.50. The molecule has 0 fully saturated rings. The second kappa shape index (κ2) is 5.86. The van der Waals surface area contributed by atoms with Crippen molar-refractivity contribution in [1.29, 1.82) is 0 Å². The predicted octanol–water partition coefficient (Wildman–Crippen LogP) is 2.42. The normalized spacial score (nSPS) is 12.5. The van der Waals surface area contributed by atoms with Crippen LogP contribution in [0.5, 0.6) is 5.75 Å². The van der Waals surface area contributed by atoms with Crippen LogP contribution in [0.15, 0.2) is 24.5 Å². The fraction of sp³-hybridized carbons (Fsp3) is 0.500. The van der Waals surface area contributed by atoms with Crippen LogP contribution in [0.2, 0.25) is 0 Å². The summed E-state index contributed by atoms with van der Waals surface area (Å²) in [5.74, 6) is 2.24. The molecule has 1 unspecified atom stereocenters. The lowest BCUT2D eigenvalue weighted by atomic mass is 10.1. The van der Waals surface area contributed by atoms with Gasteiger partial charge >= 0.3 is 0 Å². The van der Waals surface area contributed by atoms with Crippen molar-refractivity contribution in [1.82, 2.24) is 4.98 Å². The maximum Gasteiger partial charge on any atom is 0.137 e. The van der Waals surface area contributed by atoms with Crippen LogP contribution < -0.4 is 4.74 Å². The Morgan fingerprint density at radius 2 is 2.46 bits per heavy atom. The maximum absolute atomic E-state index is 5.54. The molecule has 3 heteroatoms. The SMILES string of the molecule is CCC(CS)COc1cccnc1. The highest BCUT2D eigenvalue weighted by Crippen LogP contribution is 2.10. The van der Waals surface area contributed by atoms with Gasteiger partial charge in [-0.2, -0.15) is 12.6 Å². The van der Waals surface area contributed by atoms with Gasteiger partial charge in [0.25, 0.3) is 0 Å². The number of hydrogen-bond acceptors (Lipinski definition) is 3. The van der Waals surface area contributed by atoms with Gasteiger partial charge in [0.15, 0.2) is 0 Å². The number of hydrogen-bond donors (Lipinski definition) is 1. The monoisotopic (exact) mass is 197 g/mol. The van der Waals surface area contributed by atoms with Crippen LogP contribution in [0.4, 0.5) is 0 Å². The fourth-order valence-electron chi connectivity index (χ4n) is 0.946. The lowest BCUT2D eigenvalue weighted by Gasteiger charge is -2.12. The molecule has 0 N–H and O–H groups in total. The molecule has 0 saturated carbocycles. The summed E-state index contributed by atoms with van der Waals surface area (Å²) in [6.45, 7) is 2.87. The molecular weight excluding hydrogens is 182 g/mol. The molecule has 1 rings (SSSR count). The molecular formula is C10H15NOS. The summed E-state index contributed by atoms with van der Waals surface area (Å²) in [4.78, 5) is 3.97. The van der Waals surface area contributed by atoms with Gasteiger partial charge < -0.3 is 4.74 Å². The third-order valence-electron chi connectivity index (χ3n) is 1.96. The van der Waals surface area contributed by atoms with Crippen molar-refractivity contribution in [2.75, 3.05) is 12.4 Å². The van der Waals surface area contributed by atoms with Crippen LogP contribution in [-0.2, 0) is 0 Å². The molecule has 2 nitrogen and oxygen atoms in total. The number of pyridine rings is 1. The highest BCUT2D eigenvalue weighted by atomic mass is 32.1.